The quantitative estimate of drug-likeness (QED) is 0.572. The van der Waals surface area contributed by atoms with Crippen LogP contribution >= 0.6 is 0 Å². The van der Waals surface area contributed by atoms with E-state index in [0.717, 1.165) is 0 Å². The number of aliphatic hydroxyl groups is 2. The van der Waals surface area contributed by atoms with Gasteiger partial charge in [-0.25, -0.2) is 0 Å². The van der Waals surface area contributed by atoms with Gasteiger partial charge in [-0.05, 0) is 26.3 Å². The largest absolute Gasteiger partial charge is 0.458 e. The number of aliphatic hydroxyl groups excluding tert-OH is 2. The van der Waals surface area contributed by atoms with Crippen molar-refractivity contribution >= 4 is 5.97 Å². The maximum Gasteiger partial charge on any atom is 0.309 e. The number of hydrogen-bond donors (Lipinski definition) is 2. The van der Waals surface area contributed by atoms with Crippen molar-refractivity contribution in [2.45, 2.75) is 45.0 Å². The Labute approximate surface area is 102 Å². The molecule has 4 heteroatoms. The lowest BCUT2D eigenvalue weighted by Gasteiger charge is -2.32. The minimum Gasteiger partial charge on any atom is -0.458 e. The van der Waals surface area contributed by atoms with Crippen LogP contribution in [0.5, 0.6) is 0 Å². The van der Waals surface area contributed by atoms with E-state index in [9.17, 15) is 15.0 Å². The number of esters is 1. The Morgan fingerprint density at radius 1 is 1.59 bits per heavy atom. The van der Waals surface area contributed by atoms with Crippen molar-refractivity contribution in [2.24, 2.45) is 5.92 Å². The van der Waals surface area contributed by atoms with E-state index in [0.29, 0.717) is 6.42 Å². The van der Waals surface area contributed by atoms with E-state index in [1.165, 1.54) is 0 Å². The fourth-order valence-electron chi connectivity index (χ4n) is 1.87. The third-order valence-electron chi connectivity index (χ3n) is 2.78. The van der Waals surface area contributed by atoms with Gasteiger partial charge in [0.25, 0.3) is 0 Å². The Balaban J connectivity index is 2.74. The van der Waals surface area contributed by atoms with Crippen LogP contribution in [-0.4, -0.2) is 34.5 Å². The molecule has 4 atom stereocenters. The Morgan fingerprint density at radius 2 is 2.29 bits per heavy atom. The highest BCUT2D eigenvalue weighted by atomic mass is 16.5. The molecule has 1 heterocycles. The van der Waals surface area contributed by atoms with Crippen LogP contribution in [0.3, 0.4) is 0 Å². The van der Waals surface area contributed by atoms with E-state index in [2.05, 4.69) is 0 Å². The van der Waals surface area contributed by atoms with Crippen LogP contribution in [0.2, 0.25) is 0 Å². The molecule has 0 bridgehead atoms. The second kappa shape index (κ2) is 6.57. The summed E-state index contributed by atoms with van der Waals surface area (Å²) in [5.41, 5.74) is 0. The molecule has 0 spiro atoms. The van der Waals surface area contributed by atoms with Gasteiger partial charge >= 0.3 is 5.97 Å². The Hall–Kier alpha value is -1.13. The second-order valence-electron chi connectivity index (χ2n) is 4.32. The minimum atomic E-state index is -0.684. The molecule has 0 radical (unpaired) electrons. The number of ether oxygens (including phenoxy) is 1. The molecule has 0 aliphatic carbocycles. The van der Waals surface area contributed by atoms with Gasteiger partial charge in [-0.3, -0.25) is 4.79 Å². The standard InChI is InChI=1S/C13H20O4/c1-3-4-5-10-11(15)8-13(16)17-12(10)7-6-9(2)14/h3-4,6-7,9-12,14-15H,5,8H2,1-2H3/b4-3-,7-6+/t9-,10?,11-,12+/m0/s1. The summed E-state index contributed by atoms with van der Waals surface area (Å²) >= 11 is 0. The lowest BCUT2D eigenvalue weighted by Crippen LogP contribution is -2.41. The van der Waals surface area contributed by atoms with Crippen LogP contribution in [-0.2, 0) is 9.53 Å². The van der Waals surface area contributed by atoms with E-state index in [-0.39, 0.29) is 12.3 Å². The molecule has 1 saturated heterocycles. The van der Waals surface area contributed by atoms with Gasteiger partial charge in [0, 0.05) is 5.92 Å². The Bertz CT molecular complexity index is 307. The summed E-state index contributed by atoms with van der Waals surface area (Å²) in [4.78, 5) is 11.3. The molecule has 0 aromatic carbocycles. The summed E-state index contributed by atoms with van der Waals surface area (Å²) in [7, 11) is 0. The first-order chi connectivity index (χ1) is 8.04. The maximum atomic E-state index is 11.3. The van der Waals surface area contributed by atoms with Crippen molar-refractivity contribution < 1.29 is 19.7 Å². The molecule has 17 heavy (non-hydrogen) atoms. The third-order valence-corrected chi connectivity index (χ3v) is 2.78. The van der Waals surface area contributed by atoms with Crippen molar-refractivity contribution in [1.29, 1.82) is 0 Å². The summed E-state index contributed by atoms with van der Waals surface area (Å²) in [6.45, 7) is 3.53. The molecule has 2 N–H and O–H groups in total. The van der Waals surface area contributed by atoms with Crippen molar-refractivity contribution in [1.82, 2.24) is 0 Å². The average Bonchev–Trinajstić information content (AvgIpc) is 2.24. The summed E-state index contributed by atoms with van der Waals surface area (Å²) in [5.74, 6) is -0.534. The number of hydrogen-bond acceptors (Lipinski definition) is 4. The SMILES string of the molecule is C/C=C\CC1[C@@H](O)CC(=O)O[C@@H]1/C=C/[C@H](C)O. The van der Waals surface area contributed by atoms with Crippen LogP contribution in [0.1, 0.15) is 26.7 Å². The highest BCUT2D eigenvalue weighted by Crippen LogP contribution is 2.26. The molecule has 1 rings (SSSR count). The molecule has 0 saturated carbocycles. The van der Waals surface area contributed by atoms with Gasteiger partial charge in [-0.15, -0.1) is 0 Å². The second-order valence-corrected chi connectivity index (χ2v) is 4.32. The first-order valence-corrected chi connectivity index (χ1v) is 5.89. The highest BCUT2D eigenvalue weighted by molar-refractivity contribution is 5.71. The number of rotatable bonds is 4. The van der Waals surface area contributed by atoms with Crippen molar-refractivity contribution in [3.8, 4) is 0 Å². The molecular formula is C13H20O4. The third kappa shape index (κ3) is 4.32. The fraction of sp³-hybridized carbons (Fsp3) is 0.615. The number of carbonyl (C=O) groups excluding carboxylic acids is 1. The van der Waals surface area contributed by atoms with Crippen LogP contribution in [0.4, 0.5) is 0 Å². The van der Waals surface area contributed by atoms with Gasteiger partial charge in [0.1, 0.15) is 6.10 Å². The van der Waals surface area contributed by atoms with Crippen molar-refractivity contribution in [2.75, 3.05) is 0 Å². The number of cyclic esters (lactones) is 1. The van der Waals surface area contributed by atoms with Crippen LogP contribution in [0.25, 0.3) is 0 Å². The summed E-state index contributed by atoms with van der Waals surface area (Å²) in [5, 5.41) is 19.0. The van der Waals surface area contributed by atoms with Gasteiger partial charge < -0.3 is 14.9 Å². The van der Waals surface area contributed by atoms with E-state index in [1.807, 2.05) is 19.1 Å². The summed E-state index contributed by atoms with van der Waals surface area (Å²) in [6.07, 6.45) is 6.02. The Morgan fingerprint density at radius 3 is 2.88 bits per heavy atom. The zero-order chi connectivity index (χ0) is 12.8. The van der Waals surface area contributed by atoms with E-state index in [4.69, 9.17) is 4.74 Å². The number of allylic oxidation sites excluding steroid dienone is 2. The van der Waals surface area contributed by atoms with Crippen LogP contribution < -0.4 is 0 Å². The molecule has 0 amide bonds. The fourth-order valence-corrected chi connectivity index (χ4v) is 1.87. The predicted molar refractivity (Wildman–Crippen MR) is 64.2 cm³/mol. The molecule has 1 fully saturated rings. The van der Waals surface area contributed by atoms with Gasteiger partial charge in [0.2, 0.25) is 0 Å². The monoisotopic (exact) mass is 240 g/mol. The minimum absolute atomic E-state index is 0.0429. The smallest absolute Gasteiger partial charge is 0.309 e. The lowest BCUT2D eigenvalue weighted by atomic mass is 9.87. The summed E-state index contributed by atoms with van der Waals surface area (Å²) in [6, 6.07) is 0. The van der Waals surface area contributed by atoms with E-state index < -0.39 is 24.3 Å². The zero-order valence-corrected chi connectivity index (χ0v) is 10.2. The first kappa shape index (κ1) is 13.9. The average molecular weight is 240 g/mol. The molecule has 1 aliphatic heterocycles. The molecule has 4 nitrogen and oxygen atoms in total. The highest BCUT2D eigenvalue weighted by Gasteiger charge is 2.35. The summed E-state index contributed by atoms with van der Waals surface area (Å²) < 4.78 is 5.19. The van der Waals surface area contributed by atoms with Gasteiger partial charge in [0.15, 0.2) is 0 Å². The van der Waals surface area contributed by atoms with Crippen LogP contribution in [0.15, 0.2) is 24.3 Å². The van der Waals surface area contributed by atoms with E-state index >= 15 is 0 Å². The lowest BCUT2D eigenvalue weighted by molar-refractivity contribution is -0.163. The number of carbonyl (C=O) groups is 1. The molecule has 0 aromatic heterocycles. The Kier molecular flexibility index (Phi) is 5.38. The topological polar surface area (TPSA) is 66.8 Å². The predicted octanol–water partition coefficient (Wildman–Crippen LogP) is 1.18. The van der Waals surface area contributed by atoms with Crippen LogP contribution in [0, 0.1) is 5.92 Å². The van der Waals surface area contributed by atoms with Gasteiger partial charge in [-0.1, -0.05) is 18.2 Å². The molecule has 96 valence electrons. The maximum absolute atomic E-state index is 11.3. The molecule has 1 unspecified atom stereocenters. The molecule has 0 aromatic rings. The van der Waals surface area contributed by atoms with Crippen molar-refractivity contribution in [3.05, 3.63) is 24.3 Å². The zero-order valence-electron chi connectivity index (χ0n) is 10.2. The first-order valence-electron chi connectivity index (χ1n) is 5.89. The van der Waals surface area contributed by atoms with Gasteiger partial charge in [-0.2, -0.15) is 0 Å². The van der Waals surface area contributed by atoms with Gasteiger partial charge in [0.05, 0.1) is 18.6 Å². The normalized spacial score (nSPS) is 32.0. The molecular weight excluding hydrogens is 220 g/mol. The van der Waals surface area contributed by atoms with E-state index in [1.54, 1.807) is 19.1 Å². The molecule has 1 aliphatic rings. The van der Waals surface area contributed by atoms with Crippen molar-refractivity contribution in [3.63, 3.8) is 0 Å².